The van der Waals surface area contributed by atoms with E-state index in [-0.39, 0.29) is 6.61 Å². The highest BCUT2D eigenvalue weighted by Gasteiger charge is 2.08. The van der Waals surface area contributed by atoms with Crippen molar-refractivity contribution in [3.05, 3.63) is 0 Å². The summed E-state index contributed by atoms with van der Waals surface area (Å²) in [5.74, 6) is 0. The zero-order valence-electron chi connectivity index (χ0n) is 15.4. The molecule has 22 heavy (non-hydrogen) atoms. The molecule has 133 valence electrons. The Morgan fingerprint density at radius 3 is 1.45 bits per heavy atom. The quantitative estimate of drug-likeness (QED) is 0.259. The van der Waals surface area contributed by atoms with Gasteiger partial charge in [-0.3, -0.25) is 0 Å². The minimum atomic E-state index is -0.0932. The van der Waals surface area contributed by atoms with E-state index in [1.165, 1.54) is 83.5 Å². The first-order valence-electron chi connectivity index (χ1n) is 10.0. The molecule has 0 rings (SSSR count). The van der Waals surface area contributed by atoms with Gasteiger partial charge in [0.2, 0.25) is 0 Å². The molecule has 0 heterocycles. The molecule has 2 heteroatoms. The van der Waals surface area contributed by atoms with Gasteiger partial charge in [-0.05, 0) is 12.8 Å². The molecule has 1 radical (unpaired) electrons. The summed E-state index contributed by atoms with van der Waals surface area (Å²) in [6.45, 7) is 4.83. The molecule has 0 N–H and O–H groups in total. The predicted octanol–water partition coefficient (Wildman–Crippen LogP) is 6.69. The topological polar surface area (TPSA) is 29.1 Å². The van der Waals surface area contributed by atoms with E-state index in [0.29, 0.717) is 12.7 Å². The van der Waals surface area contributed by atoms with E-state index in [1.54, 1.807) is 0 Å². The minimum Gasteiger partial charge on any atom is -0.376 e. The van der Waals surface area contributed by atoms with Gasteiger partial charge in [-0.25, -0.2) is 5.11 Å². The average molecular weight is 314 g/mol. The van der Waals surface area contributed by atoms with Gasteiger partial charge in [0.25, 0.3) is 0 Å². The average Bonchev–Trinajstić information content (AvgIpc) is 2.54. The van der Waals surface area contributed by atoms with Gasteiger partial charge in [0, 0.05) is 0 Å². The molecule has 0 saturated carbocycles. The first-order valence-corrected chi connectivity index (χ1v) is 10.0. The molecule has 0 aromatic carbocycles. The Balaban J connectivity index is 3.56. The second kappa shape index (κ2) is 19.0. The molecule has 0 aromatic rings. The van der Waals surface area contributed by atoms with Crippen LogP contribution in [0.4, 0.5) is 0 Å². The van der Waals surface area contributed by atoms with Crippen molar-refractivity contribution in [1.82, 2.24) is 0 Å². The highest BCUT2D eigenvalue weighted by molar-refractivity contribution is 4.60. The van der Waals surface area contributed by atoms with Crippen LogP contribution >= 0.6 is 0 Å². The van der Waals surface area contributed by atoms with Crippen molar-refractivity contribution < 1.29 is 9.84 Å². The largest absolute Gasteiger partial charge is 0.376 e. The monoisotopic (exact) mass is 313 g/mol. The summed E-state index contributed by atoms with van der Waals surface area (Å²) in [5, 5.41) is 10.6. The SMILES string of the molecule is CCCCCCCCCC(CCCCCCCC)OCC[O]. The first kappa shape index (κ1) is 21.9. The van der Waals surface area contributed by atoms with Crippen molar-refractivity contribution in [2.75, 3.05) is 13.2 Å². The maximum atomic E-state index is 10.6. The van der Waals surface area contributed by atoms with Crippen LogP contribution in [-0.4, -0.2) is 19.3 Å². The van der Waals surface area contributed by atoms with E-state index < -0.39 is 0 Å². The molecule has 0 saturated heterocycles. The molecule has 1 atom stereocenters. The summed E-state index contributed by atoms with van der Waals surface area (Å²) in [7, 11) is 0. The van der Waals surface area contributed by atoms with E-state index in [9.17, 15) is 5.11 Å². The van der Waals surface area contributed by atoms with E-state index in [0.717, 1.165) is 12.8 Å². The van der Waals surface area contributed by atoms with Crippen molar-refractivity contribution in [2.24, 2.45) is 0 Å². The number of unbranched alkanes of at least 4 members (excludes halogenated alkanes) is 11. The van der Waals surface area contributed by atoms with Crippen molar-refractivity contribution in [3.63, 3.8) is 0 Å². The van der Waals surface area contributed by atoms with Crippen LogP contribution in [0.3, 0.4) is 0 Å². The zero-order valence-corrected chi connectivity index (χ0v) is 15.4. The number of hydrogen-bond acceptors (Lipinski definition) is 1. The Morgan fingerprint density at radius 1 is 0.636 bits per heavy atom. The van der Waals surface area contributed by atoms with E-state index in [1.807, 2.05) is 0 Å². The van der Waals surface area contributed by atoms with Gasteiger partial charge in [0.05, 0.1) is 12.7 Å². The third kappa shape index (κ3) is 16.3. The maximum absolute atomic E-state index is 10.6. The molecule has 0 aromatic heterocycles. The molecule has 0 aliphatic rings. The maximum Gasteiger partial charge on any atom is 0.106 e. The second-order valence-electron chi connectivity index (χ2n) is 6.66. The fourth-order valence-corrected chi connectivity index (χ4v) is 3.01. The number of rotatable bonds is 18. The minimum absolute atomic E-state index is 0.0932. The van der Waals surface area contributed by atoms with Crippen molar-refractivity contribution in [1.29, 1.82) is 0 Å². The van der Waals surface area contributed by atoms with Gasteiger partial charge in [-0.1, -0.05) is 97.3 Å². The summed E-state index contributed by atoms with van der Waals surface area (Å²) < 4.78 is 5.75. The standard InChI is InChI=1S/C20H41O2/c1-3-5-7-9-11-13-15-17-20(22-19-18-21)16-14-12-10-8-6-4-2/h20H,3-19H2,1-2H3. The second-order valence-corrected chi connectivity index (χ2v) is 6.66. The van der Waals surface area contributed by atoms with Gasteiger partial charge >= 0.3 is 0 Å². The highest BCUT2D eigenvalue weighted by Crippen LogP contribution is 2.16. The molecule has 0 fully saturated rings. The van der Waals surface area contributed by atoms with E-state index >= 15 is 0 Å². The van der Waals surface area contributed by atoms with Crippen LogP contribution < -0.4 is 0 Å². The Bertz CT molecular complexity index is 194. The fraction of sp³-hybridized carbons (Fsp3) is 1.00. The van der Waals surface area contributed by atoms with Crippen LogP contribution in [-0.2, 0) is 9.84 Å². The zero-order chi connectivity index (χ0) is 16.3. The normalized spacial score (nSPS) is 12.7. The van der Waals surface area contributed by atoms with Crippen LogP contribution in [0.1, 0.15) is 110 Å². The van der Waals surface area contributed by atoms with Crippen LogP contribution in [0.15, 0.2) is 0 Å². The number of hydrogen-bond donors (Lipinski definition) is 0. The van der Waals surface area contributed by atoms with Gasteiger partial charge in [0.15, 0.2) is 0 Å². The number of ether oxygens (including phenoxy) is 1. The van der Waals surface area contributed by atoms with Crippen LogP contribution in [0.5, 0.6) is 0 Å². The van der Waals surface area contributed by atoms with Crippen molar-refractivity contribution in [2.45, 2.75) is 116 Å². The third-order valence-electron chi connectivity index (χ3n) is 4.45. The summed E-state index contributed by atoms with van der Waals surface area (Å²) in [4.78, 5) is 0. The molecule has 0 bridgehead atoms. The lowest BCUT2D eigenvalue weighted by atomic mass is 10.0. The molecular weight excluding hydrogens is 272 g/mol. The molecule has 0 aliphatic carbocycles. The fourth-order valence-electron chi connectivity index (χ4n) is 3.01. The first-order chi connectivity index (χ1) is 10.8. The Kier molecular flexibility index (Phi) is 18.9. The molecular formula is C20H41O2. The highest BCUT2D eigenvalue weighted by atomic mass is 16.5. The molecule has 1 unspecified atom stereocenters. The van der Waals surface area contributed by atoms with Gasteiger partial charge in [-0.2, -0.15) is 0 Å². The Labute approximate surface area is 140 Å². The lowest BCUT2D eigenvalue weighted by Gasteiger charge is -2.17. The smallest absolute Gasteiger partial charge is 0.106 e. The molecule has 0 amide bonds. The predicted molar refractivity (Wildman–Crippen MR) is 95.9 cm³/mol. The third-order valence-corrected chi connectivity index (χ3v) is 4.45. The van der Waals surface area contributed by atoms with E-state index in [4.69, 9.17) is 4.74 Å². The molecule has 2 nitrogen and oxygen atoms in total. The Morgan fingerprint density at radius 2 is 1.05 bits per heavy atom. The van der Waals surface area contributed by atoms with Crippen molar-refractivity contribution >= 4 is 0 Å². The summed E-state index contributed by atoms with van der Waals surface area (Å²) in [5.41, 5.74) is 0. The summed E-state index contributed by atoms with van der Waals surface area (Å²) in [6.07, 6.45) is 20.1. The van der Waals surface area contributed by atoms with Crippen LogP contribution in [0.25, 0.3) is 0 Å². The van der Waals surface area contributed by atoms with Crippen LogP contribution in [0, 0.1) is 0 Å². The van der Waals surface area contributed by atoms with Gasteiger partial charge < -0.3 is 4.74 Å². The van der Waals surface area contributed by atoms with E-state index in [2.05, 4.69) is 13.8 Å². The summed E-state index contributed by atoms with van der Waals surface area (Å²) in [6, 6.07) is 0. The molecule has 0 spiro atoms. The lowest BCUT2D eigenvalue weighted by molar-refractivity contribution is 0.00216. The summed E-state index contributed by atoms with van der Waals surface area (Å²) >= 11 is 0. The lowest BCUT2D eigenvalue weighted by Crippen LogP contribution is -2.15. The van der Waals surface area contributed by atoms with Crippen molar-refractivity contribution in [3.8, 4) is 0 Å². The van der Waals surface area contributed by atoms with Gasteiger partial charge in [0.1, 0.15) is 6.61 Å². The molecule has 0 aliphatic heterocycles. The Hall–Kier alpha value is -0.0800. The van der Waals surface area contributed by atoms with Gasteiger partial charge in [-0.15, -0.1) is 0 Å². The van der Waals surface area contributed by atoms with Crippen LogP contribution in [0.2, 0.25) is 0 Å².